The molecule has 0 heterocycles. The molecule has 0 atom stereocenters. The molecule has 0 saturated carbocycles. The molecule has 0 aliphatic carbocycles. The molecule has 0 nitrogen and oxygen atoms in total. The van der Waals surface area contributed by atoms with Crippen LogP contribution in [0.4, 0.5) is 0 Å². The summed E-state index contributed by atoms with van der Waals surface area (Å²) in [4.78, 5) is 0. The zero-order valence-corrected chi connectivity index (χ0v) is 8.00. The Morgan fingerprint density at radius 2 is 1.00 bits per heavy atom. The minimum Gasteiger partial charge on any atom is -1.00 e. The van der Waals surface area contributed by atoms with Gasteiger partial charge in [0.05, 0.1) is 0 Å². The van der Waals surface area contributed by atoms with Crippen LogP contribution in [0.5, 0.6) is 0 Å². The van der Waals surface area contributed by atoms with E-state index in [9.17, 15) is 0 Å². The number of rotatable bonds is 0. The number of hydrogen-bond acceptors (Lipinski definition) is 0. The van der Waals surface area contributed by atoms with Gasteiger partial charge in [0.2, 0.25) is 0 Å². The third-order valence-corrected chi connectivity index (χ3v) is 0. The predicted molar refractivity (Wildman–Crippen MR) is 13.6 cm³/mol. The minimum atomic E-state index is 0. The smallest absolute Gasteiger partial charge is 1.00 e. The van der Waals surface area contributed by atoms with Gasteiger partial charge < -0.3 is 2.85 Å². The second-order valence-electron chi connectivity index (χ2n) is 0. The molecule has 0 unspecified atom stereocenters. The standard InChI is InChI=1S/C2H6.2Na.2H/c1-2;;;;/h1-2H3;;;;/q;2*+1;2*-1. The Morgan fingerprint density at radius 3 is 1.00 bits per heavy atom. The fourth-order valence-corrected chi connectivity index (χ4v) is 0. The third-order valence-electron chi connectivity index (χ3n) is 0. The molecule has 0 bridgehead atoms. The van der Waals surface area contributed by atoms with Crippen molar-refractivity contribution < 1.29 is 62.0 Å². The van der Waals surface area contributed by atoms with Crippen molar-refractivity contribution in [1.29, 1.82) is 0 Å². The summed E-state index contributed by atoms with van der Waals surface area (Å²) in [5, 5.41) is 0. The third kappa shape index (κ3) is 9.00. The van der Waals surface area contributed by atoms with Gasteiger partial charge in [-0.3, -0.25) is 0 Å². The van der Waals surface area contributed by atoms with E-state index in [0.29, 0.717) is 0 Å². The average molecular weight is 78.1 g/mol. The van der Waals surface area contributed by atoms with Crippen molar-refractivity contribution in [2.75, 3.05) is 0 Å². The summed E-state index contributed by atoms with van der Waals surface area (Å²) in [5.74, 6) is 0. The normalized spacial score (nSPS) is 1.50. The Kier molecular flexibility index (Phi) is 83.3. The summed E-state index contributed by atoms with van der Waals surface area (Å²) in [6, 6.07) is 0. The molecule has 0 spiro atoms. The van der Waals surface area contributed by atoms with Gasteiger partial charge in [-0.1, -0.05) is 13.8 Å². The SMILES string of the molecule is CC.[H-].[H-].[Na+].[Na+]. The molecule has 0 aliphatic rings. The maximum Gasteiger partial charge on any atom is 1.00 e. The van der Waals surface area contributed by atoms with Crippen molar-refractivity contribution in [1.82, 2.24) is 0 Å². The summed E-state index contributed by atoms with van der Waals surface area (Å²) in [6.45, 7) is 4.00. The fourth-order valence-electron chi connectivity index (χ4n) is 0. The molecule has 2 heteroatoms. The van der Waals surface area contributed by atoms with Crippen molar-refractivity contribution in [3.05, 3.63) is 0 Å². The van der Waals surface area contributed by atoms with Gasteiger partial charge in [0, 0.05) is 0 Å². The molecule has 0 radical (unpaired) electrons. The second kappa shape index (κ2) is 20.0. The molecular formula is C2H8Na2. The van der Waals surface area contributed by atoms with Crippen molar-refractivity contribution in [3.8, 4) is 0 Å². The van der Waals surface area contributed by atoms with Gasteiger partial charge in [-0.05, 0) is 0 Å². The molecule has 0 N–H and O–H groups in total. The van der Waals surface area contributed by atoms with Crippen LogP contribution in [0.3, 0.4) is 0 Å². The molecule has 0 aromatic carbocycles. The van der Waals surface area contributed by atoms with Crippen molar-refractivity contribution >= 4 is 0 Å². The summed E-state index contributed by atoms with van der Waals surface area (Å²) >= 11 is 0. The van der Waals surface area contributed by atoms with E-state index < -0.39 is 0 Å². The second-order valence-corrected chi connectivity index (χ2v) is 0. The van der Waals surface area contributed by atoms with Gasteiger partial charge in [-0.2, -0.15) is 0 Å². The van der Waals surface area contributed by atoms with Crippen LogP contribution in [0.25, 0.3) is 0 Å². The van der Waals surface area contributed by atoms with E-state index in [2.05, 4.69) is 0 Å². The van der Waals surface area contributed by atoms with E-state index in [1.807, 2.05) is 13.8 Å². The first-order valence-corrected chi connectivity index (χ1v) is 1.00. The number of hydrogen-bond donors (Lipinski definition) is 0. The van der Waals surface area contributed by atoms with Crippen LogP contribution >= 0.6 is 0 Å². The van der Waals surface area contributed by atoms with E-state index in [1.54, 1.807) is 0 Å². The van der Waals surface area contributed by atoms with Crippen LogP contribution in [0.2, 0.25) is 0 Å². The molecule has 0 aromatic rings. The molecule has 18 valence electrons. The van der Waals surface area contributed by atoms with Crippen LogP contribution < -0.4 is 59.1 Å². The van der Waals surface area contributed by atoms with E-state index >= 15 is 0 Å². The van der Waals surface area contributed by atoms with E-state index in [1.165, 1.54) is 0 Å². The van der Waals surface area contributed by atoms with Gasteiger partial charge in [-0.25, -0.2) is 0 Å². The van der Waals surface area contributed by atoms with E-state index in [4.69, 9.17) is 0 Å². The molecule has 0 saturated heterocycles. The van der Waals surface area contributed by atoms with Crippen molar-refractivity contribution in [2.45, 2.75) is 13.8 Å². The zero-order valence-electron chi connectivity index (χ0n) is 6.00. The minimum absolute atomic E-state index is 0. The Morgan fingerprint density at radius 1 is 1.00 bits per heavy atom. The van der Waals surface area contributed by atoms with Crippen LogP contribution in [0, 0.1) is 0 Å². The molecule has 0 aliphatic heterocycles. The molecule has 4 heavy (non-hydrogen) atoms. The average Bonchev–Trinajstić information content (AvgIpc) is 1.00. The first-order chi connectivity index (χ1) is 1.00. The fraction of sp³-hybridized carbons (Fsp3) is 1.00. The Labute approximate surface area is 74.9 Å². The monoisotopic (exact) mass is 78.0 g/mol. The Bertz CT molecular complexity index is 9.51. The van der Waals surface area contributed by atoms with Crippen molar-refractivity contribution in [3.63, 3.8) is 0 Å². The molecule has 0 aromatic heterocycles. The topological polar surface area (TPSA) is 0 Å². The Balaban J connectivity index is -0.000000000833. The maximum atomic E-state index is 2.00. The van der Waals surface area contributed by atoms with Crippen LogP contribution in [0.15, 0.2) is 0 Å². The molecule has 0 rings (SSSR count). The van der Waals surface area contributed by atoms with Crippen LogP contribution in [-0.4, -0.2) is 0 Å². The molecule has 0 fully saturated rings. The van der Waals surface area contributed by atoms with E-state index in [-0.39, 0.29) is 62.0 Å². The summed E-state index contributed by atoms with van der Waals surface area (Å²) in [6.07, 6.45) is 0. The van der Waals surface area contributed by atoms with Gasteiger partial charge in [0.25, 0.3) is 0 Å². The summed E-state index contributed by atoms with van der Waals surface area (Å²) in [5.41, 5.74) is 0. The first-order valence-electron chi connectivity index (χ1n) is 1.00. The van der Waals surface area contributed by atoms with Crippen molar-refractivity contribution in [2.24, 2.45) is 0 Å². The summed E-state index contributed by atoms with van der Waals surface area (Å²) in [7, 11) is 0. The first kappa shape index (κ1) is 16.7. The summed E-state index contributed by atoms with van der Waals surface area (Å²) < 4.78 is 0. The van der Waals surface area contributed by atoms with Gasteiger partial charge >= 0.3 is 59.1 Å². The quantitative estimate of drug-likeness (QED) is 0.255. The molecular weight excluding hydrogens is 70.0 g/mol. The maximum absolute atomic E-state index is 2.00. The van der Waals surface area contributed by atoms with E-state index in [0.717, 1.165) is 0 Å². The predicted octanol–water partition coefficient (Wildman–Crippen LogP) is -4.74. The zero-order chi connectivity index (χ0) is 2.00. The van der Waals surface area contributed by atoms with Gasteiger partial charge in [0.1, 0.15) is 0 Å². The van der Waals surface area contributed by atoms with Gasteiger partial charge in [0.15, 0.2) is 0 Å². The largest absolute Gasteiger partial charge is 1.00 e. The Hall–Kier alpha value is 2.00. The van der Waals surface area contributed by atoms with Gasteiger partial charge in [-0.15, -0.1) is 0 Å². The van der Waals surface area contributed by atoms with Crippen LogP contribution in [-0.2, 0) is 0 Å². The molecule has 0 amide bonds. The van der Waals surface area contributed by atoms with Crippen LogP contribution in [0.1, 0.15) is 16.7 Å².